The first-order valence-corrected chi connectivity index (χ1v) is 13.9. The van der Waals surface area contributed by atoms with Crippen LogP contribution in [0.25, 0.3) is 16.6 Å². The van der Waals surface area contributed by atoms with Crippen LogP contribution in [0.15, 0.2) is 75.1 Å². The highest BCUT2D eigenvalue weighted by molar-refractivity contribution is 9.10. The smallest absolute Gasteiger partial charge is 0.266 e. The zero-order valence-corrected chi connectivity index (χ0v) is 24.4. The number of nitrogens with one attached hydrogen (secondary N) is 1. The van der Waals surface area contributed by atoms with Gasteiger partial charge in [0.05, 0.1) is 36.6 Å². The highest BCUT2D eigenvalue weighted by Crippen LogP contribution is 2.32. The number of H-pyrrole nitrogens is 1. The van der Waals surface area contributed by atoms with Gasteiger partial charge in [-0.15, -0.1) is 0 Å². The van der Waals surface area contributed by atoms with E-state index in [4.69, 9.17) is 38.3 Å². The third kappa shape index (κ3) is 5.37. The van der Waals surface area contributed by atoms with Crippen molar-refractivity contribution in [3.05, 3.63) is 96.7 Å². The number of benzene rings is 3. The number of aromatic amines is 1. The lowest BCUT2D eigenvalue weighted by Crippen LogP contribution is -2.22. The van der Waals surface area contributed by atoms with Crippen molar-refractivity contribution in [2.75, 3.05) is 14.2 Å². The van der Waals surface area contributed by atoms with E-state index in [1.54, 1.807) is 60.7 Å². The van der Waals surface area contributed by atoms with Gasteiger partial charge in [-0.3, -0.25) is 19.3 Å². The summed E-state index contributed by atoms with van der Waals surface area (Å²) in [5.41, 5.74) is 1.14. The van der Waals surface area contributed by atoms with Crippen LogP contribution in [0.4, 0.5) is 0 Å². The van der Waals surface area contributed by atoms with Crippen molar-refractivity contribution in [2.45, 2.75) is 10.9 Å². The fraction of sp³-hybridized carbons (Fsp3) is 0.115. The highest BCUT2D eigenvalue weighted by Gasteiger charge is 2.20. The summed E-state index contributed by atoms with van der Waals surface area (Å²) in [5.74, 6) is 1.10. The van der Waals surface area contributed by atoms with Crippen molar-refractivity contribution >= 4 is 68.3 Å². The number of rotatable bonds is 7. The number of carbonyl (C=O) groups excluding carboxylic acids is 1. The number of thioether (sulfide) groups is 1. The van der Waals surface area contributed by atoms with Gasteiger partial charge in [0, 0.05) is 21.1 Å². The van der Waals surface area contributed by atoms with Gasteiger partial charge < -0.3 is 9.47 Å². The second kappa shape index (κ2) is 11.3. The first-order chi connectivity index (χ1) is 18.8. The van der Waals surface area contributed by atoms with E-state index in [0.717, 1.165) is 4.47 Å². The number of ether oxygens (including phenoxy) is 2. The monoisotopic (exact) mass is 643 g/mol. The molecule has 198 valence electrons. The van der Waals surface area contributed by atoms with Gasteiger partial charge in [0.1, 0.15) is 5.82 Å². The minimum atomic E-state index is -0.324. The first-order valence-electron chi connectivity index (χ1n) is 11.3. The molecule has 13 heteroatoms. The summed E-state index contributed by atoms with van der Waals surface area (Å²) in [6.07, 6.45) is 0. The number of fused-ring (bicyclic) bond motifs is 1. The molecule has 2 aromatic heterocycles. The van der Waals surface area contributed by atoms with E-state index in [0.29, 0.717) is 49.7 Å². The summed E-state index contributed by atoms with van der Waals surface area (Å²) < 4.78 is 14.6. The number of carbonyl (C=O) groups is 1. The molecule has 0 atom stereocenters. The maximum Gasteiger partial charge on any atom is 0.266 e. The quantitative estimate of drug-likeness (QED) is 0.130. The molecule has 0 aliphatic heterocycles. The van der Waals surface area contributed by atoms with Crippen LogP contribution in [-0.4, -0.2) is 44.4 Å². The molecule has 0 amide bonds. The number of methoxy groups -OCH3 is 2. The third-order valence-corrected chi connectivity index (χ3v) is 7.78. The van der Waals surface area contributed by atoms with Crippen molar-refractivity contribution in [3.8, 4) is 17.2 Å². The van der Waals surface area contributed by atoms with Crippen LogP contribution in [0.2, 0.25) is 5.02 Å². The minimum Gasteiger partial charge on any atom is -0.493 e. The van der Waals surface area contributed by atoms with Crippen molar-refractivity contribution in [1.29, 1.82) is 0 Å². The molecule has 0 fully saturated rings. The van der Waals surface area contributed by atoms with Gasteiger partial charge in [0.15, 0.2) is 16.7 Å². The number of aromatic nitrogens is 5. The van der Waals surface area contributed by atoms with Crippen LogP contribution >= 0.6 is 51.5 Å². The molecule has 0 bridgehead atoms. The Labute approximate surface area is 244 Å². The second-order valence-corrected chi connectivity index (χ2v) is 10.8. The van der Waals surface area contributed by atoms with Crippen LogP contribution in [-0.2, 0) is 5.75 Å². The molecule has 2 heterocycles. The molecule has 0 aliphatic rings. The molecule has 0 aliphatic carbocycles. The van der Waals surface area contributed by atoms with Crippen molar-refractivity contribution in [1.82, 2.24) is 24.3 Å². The number of hydrogen-bond donors (Lipinski definition) is 1. The average molecular weight is 645 g/mol. The Bertz CT molecular complexity index is 1820. The maximum atomic E-state index is 13.8. The summed E-state index contributed by atoms with van der Waals surface area (Å²) in [7, 11) is 3.01. The van der Waals surface area contributed by atoms with E-state index in [9.17, 15) is 9.59 Å². The minimum absolute atomic E-state index is 0.164. The molecule has 39 heavy (non-hydrogen) atoms. The van der Waals surface area contributed by atoms with Crippen LogP contribution in [0, 0.1) is 4.77 Å². The van der Waals surface area contributed by atoms with Crippen molar-refractivity contribution < 1.29 is 14.3 Å². The third-order valence-electron chi connectivity index (χ3n) is 5.79. The first kappa shape index (κ1) is 27.1. The lowest BCUT2D eigenvalue weighted by Gasteiger charge is -2.15. The molecule has 5 rings (SSSR count). The molecule has 0 saturated heterocycles. The molecule has 3 aromatic carbocycles. The topological polar surface area (TPSA) is 104 Å². The van der Waals surface area contributed by atoms with E-state index >= 15 is 0 Å². The molecular weight excluding hydrogens is 626 g/mol. The lowest BCUT2D eigenvalue weighted by molar-refractivity contribution is 0.0955. The average Bonchev–Trinajstić information content (AvgIpc) is 3.32. The molecule has 0 saturated carbocycles. The number of halogens is 2. The lowest BCUT2D eigenvalue weighted by atomic mass is 10.2. The molecule has 9 nitrogen and oxygen atoms in total. The predicted octanol–water partition coefficient (Wildman–Crippen LogP) is 6.05. The van der Waals surface area contributed by atoms with E-state index in [2.05, 4.69) is 26.1 Å². The molecule has 1 N–H and O–H groups in total. The Kier molecular flexibility index (Phi) is 7.89. The van der Waals surface area contributed by atoms with E-state index in [1.807, 2.05) is 0 Å². The van der Waals surface area contributed by atoms with Gasteiger partial charge in [-0.1, -0.05) is 39.3 Å². The summed E-state index contributed by atoms with van der Waals surface area (Å²) in [6.45, 7) is 0. The van der Waals surface area contributed by atoms with E-state index in [-0.39, 0.29) is 22.0 Å². The standard InChI is InChI=1S/C26H19BrClN5O4S2/c1-36-20-11-18-19(12-21(20)37-2)29-26(32(24(18)35)17-9-7-16(28)8-10-17)39-13-22-30-31-25(38)33(22)23(34)14-3-5-15(27)6-4-14/h3-12H,13H2,1-2H3,(H,31,38). The van der Waals surface area contributed by atoms with E-state index in [1.165, 1.54) is 35.1 Å². The molecule has 5 aromatic rings. The Hall–Kier alpha value is -3.45. The van der Waals surface area contributed by atoms with Crippen LogP contribution in [0.1, 0.15) is 16.2 Å². The summed E-state index contributed by atoms with van der Waals surface area (Å²) in [4.78, 5) is 31.8. The fourth-order valence-electron chi connectivity index (χ4n) is 3.89. The van der Waals surface area contributed by atoms with Crippen LogP contribution < -0.4 is 15.0 Å². The van der Waals surface area contributed by atoms with Crippen molar-refractivity contribution in [2.24, 2.45) is 0 Å². The summed E-state index contributed by atoms with van der Waals surface area (Å²) in [5, 5.41) is 8.22. The van der Waals surface area contributed by atoms with Crippen molar-refractivity contribution in [3.63, 3.8) is 0 Å². The molecule has 0 unspecified atom stereocenters. The van der Waals surface area contributed by atoms with Gasteiger partial charge in [-0.05, 0) is 66.8 Å². The Morgan fingerprint density at radius 2 is 1.74 bits per heavy atom. The zero-order valence-electron chi connectivity index (χ0n) is 20.5. The molecule has 0 spiro atoms. The zero-order chi connectivity index (χ0) is 27.7. The van der Waals surface area contributed by atoms with Gasteiger partial charge in [0.25, 0.3) is 11.5 Å². The normalized spacial score (nSPS) is 11.1. The Morgan fingerprint density at radius 1 is 1.08 bits per heavy atom. The van der Waals surface area contributed by atoms with Gasteiger partial charge in [-0.2, -0.15) is 5.10 Å². The second-order valence-electron chi connectivity index (χ2n) is 8.12. The summed E-state index contributed by atoms with van der Waals surface area (Å²) in [6, 6.07) is 17.1. The van der Waals surface area contributed by atoms with Gasteiger partial charge in [-0.25, -0.2) is 9.55 Å². The number of hydrogen-bond acceptors (Lipinski definition) is 8. The van der Waals surface area contributed by atoms with Crippen LogP contribution in [0.5, 0.6) is 11.5 Å². The Morgan fingerprint density at radius 3 is 2.41 bits per heavy atom. The van der Waals surface area contributed by atoms with Gasteiger partial charge in [0.2, 0.25) is 4.77 Å². The van der Waals surface area contributed by atoms with Crippen LogP contribution in [0.3, 0.4) is 0 Å². The Balaban J connectivity index is 1.60. The number of nitrogens with zero attached hydrogens (tertiary/aromatic N) is 4. The fourth-order valence-corrected chi connectivity index (χ4v) is 5.45. The maximum absolute atomic E-state index is 13.8. The largest absolute Gasteiger partial charge is 0.493 e. The predicted molar refractivity (Wildman–Crippen MR) is 156 cm³/mol. The SMILES string of the molecule is COc1cc2nc(SCc3n[nH]c(=S)n3C(=O)c3ccc(Br)cc3)n(-c3ccc(Cl)cc3)c(=O)c2cc1OC. The summed E-state index contributed by atoms with van der Waals surface area (Å²) >= 11 is 16.1. The highest BCUT2D eigenvalue weighted by atomic mass is 79.9. The van der Waals surface area contributed by atoms with E-state index < -0.39 is 0 Å². The molecule has 0 radical (unpaired) electrons. The molecular formula is C26H19BrClN5O4S2. The van der Waals surface area contributed by atoms with Gasteiger partial charge >= 0.3 is 0 Å².